The van der Waals surface area contributed by atoms with E-state index in [2.05, 4.69) is 4.90 Å². The molecular formula is C13H23NO3. The highest BCUT2D eigenvalue weighted by Crippen LogP contribution is 2.39. The van der Waals surface area contributed by atoms with Gasteiger partial charge < -0.3 is 14.6 Å². The molecule has 4 nitrogen and oxygen atoms in total. The van der Waals surface area contributed by atoms with Crippen molar-refractivity contribution in [2.24, 2.45) is 0 Å². The number of hydrogen-bond donors (Lipinski definition) is 1. The fourth-order valence-corrected chi connectivity index (χ4v) is 3.49. The third kappa shape index (κ3) is 2.36. The van der Waals surface area contributed by atoms with Crippen LogP contribution in [0, 0.1) is 0 Å². The van der Waals surface area contributed by atoms with Gasteiger partial charge in [-0.25, -0.2) is 0 Å². The molecule has 1 N–H and O–H groups in total. The van der Waals surface area contributed by atoms with Crippen molar-refractivity contribution in [1.82, 2.24) is 4.90 Å². The molecule has 4 heteroatoms. The highest BCUT2D eigenvalue weighted by molar-refractivity contribution is 4.87. The van der Waals surface area contributed by atoms with Crippen molar-refractivity contribution in [3.63, 3.8) is 0 Å². The summed E-state index contributed by atoms with van der Waals surface area (Å²) in [6.07, 6.45) is 7.12. The summed E-state index contributed by atoms with van der Waals surface area (Å²) >= 11 is 0. The van der Waals surface area contributed by atoms with Gasteiger partial charge >= 0.3 is 0 Å². The van der Waals surface area contributed by atoms with E-state index >= 15 is 0 Å². The maximum Gasteiger partial charge on any atom is 0.168 e. The lowest BCUT2D eigenvalue weighted by atomic mass is 10.2. The van der Waals surface area contributed by atoms with E-state index in [9.17, 15) is 5.11 Å². The average Bonchev–Trinajstić information content (AvgIpc) is 3.03. The van der Waals surface area contributed by atoms with E-state index in [1.54, 1.807) is 0 Å². The minimum Gasteiger partial charge on any atom is -0.395 e. The topological polar surface area (TPSA) is 41.9 Å². The van der Waals surface area contributed by atoms with Crippen LogP contribution in [0.4, 0.5) is 0 Å². The van der Waals surface area contributed by atoms with Gasteiger partial charge in [0.2, 0.25) is 0 Å². The highest BCUT2D eigenvalue weighted by Gasteiger charge is 2.44. The molecule has 17 heavy (non-hydrogen) atoms. The van der Waals surface area contributed by atoms with Crippen molar-refractivity contribution >= 4 is 0 Å². The molecule has 0 radical (unpaired) electrons. The number of likely N-dealkylation sites (tertiary alicyclic amines) is 1. The lowest BCUT2D eigenvalue weighted by Crippen LogP contribution is -2.39. The van der Waals surface area contributed by atoms with Gasteiger partial charge in [0.25, 0.3) is 0 Å². The Morgan fingerprint density at radius 1 is 1.24 bits per heavy atom. The molecule has 1 aliphatic carbocycles. The number of ether oxygens (including phenoxy) is 2. The van der Waals surface area contributed by atoms with Crippen molar-refractivity contribution in [3.8, 4) is 0 Å². The monoisotopic (exact) mass is 241 g/mol. The van der Waals surface area contributed by atoms with Gasteiger partial charge in [0.15, 0.2) is 5.79 Å². The predicted molar refractivity (Wildman–Crippen MR) is 63.7 cm³/mol. The number of aliphatic hydroxyl groups excluding tert-OH is 1. The van der Waals surface area contributed by atoms with Crippen LogP contribution in [-0.4, -0.2) is 54.2 Å². The SMILES string of the molecule is OC[C@H]1CCCN1CC1COC2(CCCC2)O1. The zero-order valence-electron chi connectivity index (χ0n) is 10.4. The van der Waals surface area contributed by atoms with Crippen molar-refractivity contribution < 1.29 is 14.6 Å². The summed E-state index contributed by atoms with van der Waals surface area (Å²) in [6.45, 7) is 3.03. The van der Waals surface area contributed by atoms with Gasteiger partial charge in [-0.3, -0.25) is 4.90 Å². The lowest BCUT2D eigenvalue weighted by molar-refractivity contribution is -0.163. The minimum absolute atomic E-state index is 0.209. The smallest absolute Gasteiger partial charge is 0.168 e. The Kier molecular flexibility index (Phi) is 3.39. The number of rotatable bonds is 3. The fourth-order valence-electron chi connectivity index (χ4n) is 3.49. The van der Waals surface area contributed by atoms with E-state index in [1.165, 1.54) is 19.3 Å². The summed E-state index contributed by atoms with van der Waals surface area (Å²) in [7, 11) is 0. The molecule has 98 valence electrons. The van der Waals surface area contributed by atoms with Crippen LogP contribution in [0.2, 0.25) is 0 Å². The van der Waals surface area contributed by atoms with Crippen LogP contribution in [0.3, 0.4) is 0 Å². The maximum atomic E-state index is 9.30. The van der Waals surface area contributed by atoms with Crippen molar-refractivity contribution in [2.45, 2.75) is 56.5 Å². The maximum absolute atomic E-state index is 9.30. The molecule has 3 rings (SSSR count). The van der Waals surface area contributed by atoms with E-state index in [-0.39, 0.29) is 18.5 Å². The average molecular weight is 241 g/mol. The first-order valence-electron chi connectivity index (χ1n) is 6.98. The summed E-state index contributed by atoms with van der Waals surface area (Å²) in [4.78, 5) is 2.36. The van der Waals surface area contributed by atoms with E-state index in [0.717, 1.165) is 39.0 Å². The van der Waals surface area contributed by atoms with Crippen LogP contribution in [0.5, 0.6) is 0 Å². The number of nitrogens with zero attached hydrogens (tertiary/aromatic N) is 1. The van der Waals surface area contributed by atoms with E-state index in [0.29, 0.717) is 6.04 Å². The summed E-state index contributed by atoms with van der Waals surface area (Å²) < 4.78 is 12.0. The van der Waals surface area contributed by atoms with E-state index in [4.69, 9.17) is 9.47 Å². The highest BCUT2D eigenvalue weighted by atomic mass is 16.7. The molecular weight excluding hydrogens is 218 g/mol. The lowest BCUT2D eigenvalue weighted by Gasteiger charge is -2.26. The first-order valence-corrected chi connectivity index (χ1v) is 6.98. The Morgan fingerprint density at radius 2 is 2.06 bits per heavy atom. The van der Waals surface area contributed by atoms with Crippen molar-refractivity contribution in [1.29, 1.82) is 0 Å². The molecule has 0 aromatic rings. The van der Waals surface area contributed by atoms with Gasteiger partial charge in [-0.2, -0.15) is 0 Å². The molecule has 0 aromatic heterocycles. The van der Waals surface area contributed by atoms with Gasteiger partial charge in [-0.15, -0.1) is 0 Å². The predicted octanol–water partition coefficient (Wildman–Crippen LogP) is 1.13. The molecule has 3 aliphatic rings. The standard InChI is InChI=1S/C13H23NO3/c15-9-11-4-3-7-14(11)8-12-10-16-13(17-12)5-1-2-6-13/h11-12,15H,1-10H2/t11-,12?/m1/s1. The Balaban J connectivity index is 1.53. The van der Waals surface area contributed by atoms with Crippen LogP contribution in [0.1, 0.15) is 38.5 Å². The van der Waals surface area contributed by atoms with Gasteiger partial charge in [-0.05, 0) is 32.2 Å². The van der Waals surface area contributed by atoms with Crippen LogP contribution >= 0.6 is 0 Å². The summed E-state index contributed by atoms with van der Waals surface area (Å²) in [6, 6.07) is 0.346. The molecule has 3 fully saturated rings. The van der Waals surface area contributed by atoms with Gasteiger partial charge in [0.1, 0.15) is 0 Å². The quantitative estimate of drug-likeness (QED) is 0.804. The van der Waals surface area contributed by atoms with Crippen molar-refractivity contribution in [3.05, 3.63) is 0 Å². The summed E-state index contributed by atoms with van der Waals surface area (Å²) in [5, 5.41) is 9.30. The molecule has 2 saturated heterocycles. The molecule has 1 spiro atoms. The molecule has 2 atom stereocenters. The second kappa shape index (κ2) is 4.84. The molecule has 0 bridgehead atoms. The zero-order valence-corrected chi connectivity index (χ0v) is 10.4. The van der Waals surface area contributed by atoms with E-state index in [1.807, 2.05) is 0 Å². The fraction of sp³-hybridized carbons (Fsp3) is 1.00. The van der Waals surface area contributed by atoms with Gasteiger partial charge in [0.05, 0.1) is 19.3 Å². The Hall–Kier alpha value is -0.160. The van der Waals surface area contributed by atoms with Gasteiger partial charge in [-0.1, -0.05) is 0 Å². The Bertz CT molecular complexity index is 265. The molecule has 1 saturated carbocycles. The van der Waals surface area contributed by atoms with Crippen molar-refractivity contribution in [2.75, 3.05) is 26.3 Å². The number of hydrogen-bond acceptors (Lipinski definition) is 4. The normalized spacial score (nSPS) is 37.2. The Morgan fingerprint density at radius 3 is 2.82 bits per heavy atom. The van der Waals surface area contributed by atoms with Crippen LogP contribution < -0.4 is 0 Å². The molecule has 1 unspecified atom stereocenters. The summed E-state index contributed by atoms with van der Waals surface area (Å²) in [5.41, 5.74) is 0. The second-order valence-electron chi connectivity index (χ2n) is 5.64. The second-order valence-corrected chi connectivity index (χ2v) is 5.64. The van der Waals surface area contributed by atoms with Crippen LogP contribution in [-0.2, 0) is 9.47 Å². The Labute approximate surface area is 103 Å². The molecule has 0 aromatic carbocycles. The summed E-state index contributed by atoms with van der Waals surface area (Å²) in [5.74, 6) is -0.237. The van der Waals surface area contributed by atoms with E-state index < -0.39 is 0 Å². The molecule has 0 amide bonds. The largest absolute Gasteiger partial charge is 0.395 e. The minimum atomic E-state index is -0.237. The molecule has 2 heterocycles. The van der Waals surface area contributed by atoms with Crippen LogP contribution in [0.25, 0.3) is 0 Å². The van der Waals surface area contributed by atoms with Crippen LogP contribution in [0.15, 0.2) is 0 Å². The zero-order chi connectivity index (χ0) is 11.7. The molecule has 2 aliphatic heterocycles. The third-order valence-corrected chi connectivity index (χ3v) is 4.43. The third-order valence-electron chi connectivity index (χ3n) is 4.43. The first kappa shape index (κ1) is 11.9. The van der Waals surface area contributed by atoms with Gasteiger partial charge in [0, 0.05) is 25.4 Å². The number of aliphatic hydroxyl groups is 1. The first-order chi connectivity index (χ1) is 8.31.